The summed E-state index contributed by atoms with van der Waals surface area (Å²) in [5.41, 5.74) is 1.36. The van der Waals surface area contributed by atoms with Crippen molar-refractivity contribution in [1.29, 1.82) is 0 Å². The molecule has 0 radical (unpaired) electrons. The Morgan fingerprint density at radius 3 is 2.72 bits per heavy atom. The van der Waals surface area contributed by atoms with E-state index in [1.807, 2.05) is 6.92 Å². The maximum Gasteiger partial charge on any atom is 0.326 e. The van der Waals surface area contributed by atoms with E-state index in [4.69, 9.17) is 4.74 Å². The molecule has 1 aromatic heterocycles. The van der Waals surface area contributed by atoms with Crippen LogP contribution >= 0.6 is 0 Å². The number of hydrogen-bond donors (Lipinski definition) is 1. The van der Waals surface area contributed by atoms with E-state index in [1.165, 1.54) is 4.90 Å². The van der Waals surface area contributed by atoms with Crippen LogP contribution in [-0.2, 0) is 11.3 Å². The minimum atomic E-state index is -2.69. The monoisotopic (exact) mass is 353 g/mol. The summed E-state index contributed by atoms with van der Waals surface area (Å²) in [4.78, 5) is 28.7. The molecule has 1 N–H and O–H groups in total. The topological polar surface area (TPSA) is 67.3 Å². The van der Waals surface area contributed by atoms with Gasteiger partial charge in [-0.15, -0.1) is 0 Å². The van der Waals surface area contributed by atoms with Gasteiger partial charge in [0.1, 0.15) is 0 Å². The Balaban J connectivity index is 1.80. The van der Waals surface area contributed by atoms with E-state index in [-0.39, 0.29) is 37.5 Å². The molecule has 1 amide bonds. The second-order valence-corrected chi connectivity index (χ2v) is 6.16. The second-order valence-electron chi connectivity index (χ2n) is 6.16. The van der Waals surface area contributed by atoms with Gasteiger partial charge in [0.2, 0.25) is 0 Å². The first-order chi connectivity index (χ1) is 11.9. The van der Waals surface area contributed by atoms with Gasteiger partial charge in [0, 0.05) is 38.1 Å². The third-order valence-electron chi connectivity index (χ3n) is 4.47. The number of ether oxygens (including phenoxy) is 1. The van der Waals surface area contributed by atoms with Crippen LogP contribution in [0.2, 0.25) is 0 Å². The van der Waals surface area contributed by atoms with Gasteiger partial charge in [-0.3, -0.25) is 9.36 Å². The molecule has 2 aromatic rings. The van der Waals surface area contributed by atoms with Crippen molar-refractivity contribution < 1.29 is 18.3 Å². The molecule has 0 saturated carbocycles. The number of piperidine rings is 1. The van der Waals surface area contributed by atoms with Crippen molar-refractivity contribution in [2.75, 3.05) is 26.3 Å². The molecular weight excluding hydrogens is 332 g/mol. The van der Waals surface area contributed by atoms with Crippen molar-refractivity contribution in [3.05, 3.63) is 34.2 Å². The Labute approximate surface area is 143 Å². The Morgan fingerprint density at radius 2 is 2.04 bits per heavy atom. The highest BCUT2D eigenvalue weighted by Gasteiger charge is 2.35. The van der Waals surface area contributed by atoms with Crippen molar-refractivity contribution in [2.45, 2.75) is 32.2 Å². The predicted molar refractivity (Wildman–Crippen MR) is 89.1 cm³/mol. The molecule has 0 bridgehead atoms. The van der Waals surface area contributed by atoms with E-state index in [9.17, 15) is 18.4 Å². The molecule has 1 aromatic carbocycles. The molecule has 0 atom stereocenters. The smallest absolute Gasteiger partial charge is 0.326 e. The Kier molecular flexibility index (Phi) is 4.89. The van der Waals surface area contributed by atoms with Crippen LogP contribution in [0.4, 0.5) is 8.78 Å². The van der Waals surface area contributed by atoms with E-state index in [1.54, 1.807) is 22.8 Å². The average Bonchev–Trinajstić information content (AvgIpc) is 2.89. The number of H-pyrrole nitrogens is 1. The maximum atomic E-state index is 13.2. The Morgan fingerprint density at radius 1 is 1.32 bits per heavy atom. The number of rotatable bonds is 5. The number of carbonyl (C=O) groups excluding carboxylic acids is 1. The summed E-state index contributed by atoms with van der Waals surface area (Å²) < 4.78 is 33.3. The lowest BCUT2D eigenvalue weighted by Gasteiger charge is -2.31. The number of hydrogen-bond acceptors (Lipinski definition) is 3. The van der Waals surface area contributed by atoms with Gasteiger partial charge in [0.25, 0.3) is 11.8 Å². The number of carbonyl (C=O) groups is 1. The molecule has 2 heterocycles. The molecule has 25 heavy (non-hydrogen) atoms. The number of aromatic nitrogens is 2. The number of benzene rings is 1. The summed E-state index contributed by atoms with van der Waals surface area (Å²) >= 11 is 0. The molecule has 0 spiro atoms. The number of halogens is 2. The highest BCUT2D eigenvalue weighted by atomic mass is 19.3. The van der Waals surface area contributed by atoms with E-state index >= 15 is 0 Å². The first kappa shape index (κ1) is 17.6. The first-order valence-corrected chi connectivity index (χ1v) is 8.39. The fourth-order valence-corrected chi connectivity index (χ4v) is 3.04. The summed E-state index contributed by atoms with van der Waals surface area (Å²) in [6, 6.07) is 4.93. The molecule has 1 aliphatic heterocycles. The molecule has 6 nitrogen and oxygen atoms in total. The third-order valence-corrected chi connectivity index (χ3v) is 4.47. The summed E-state index contributed by atoms with van der Waals surface area (Å²) in [6.07, 6.45) is -0.628. The predicted octanol–water partition coefficient (Wildman–Crippen LogP) is 2.24. The zero-order valence-electron chi connectivity index (χ0n) is 14.1. The summed E-state index contributed by atoms with van der Waals surface area (Å²) in [7, 11) is 0. The standard InChI is InChI=1S/C17H21F2N3O3/c1-2-25-10-9-22-14-4-3-12(11-13(14)20-16(22)24)15(23)21-7-5-17(18,19)6-8-21/h3-4,11H,2,5-10H2,1H3,(H,20,24). The lowest BCUT2D eigenvalue weighted by atomic mass is 10.1. The van der Waals surface area contributed by atoms with Crippen LogP contribution in [0.1, 0.15) is 30.1 Å². The van der Waals surface area contributed by atoms with Crippen molar-refractivity contribution in [3.63, 3.8) is 0 Å². The number of likely N-dealkylation sites (tertiary alicyclic amines) is 1. The van der Waals surface area contributed by atoms with Crippen LogP contribution in [0, 0.1) is 0 Å². The number of nitrogens with one attached hydrogen (secondary N) is 1. The largest absolute Gasteiger partial charge is 0.380 e. The number of amides is 1. The highest BCUT2D eigenvalue weighted by Crippen LogP contribution is 2.28. The lowest BCUT2D eigenvalue weighted by Crippen LogP contribution is -2.42. The van der Waals surface area contributed by atoms with Crippen molar-refractivity contribution in [3.8, 4) is 0 Å². The second kappa shape index (κ2) is 6.95. The number of alkyl halides is 2. The van der Waals surface area contributed by atoms with Gasteiger partial charge in [-0.25, -0.2) is 13.6 Å². The van der Waals surface area contributed by atoms with Crippen molar-refractivity contribution in [2.24, 2.45) is 0 Å². The summed E-state index contributed by atoms with van der Waals surface area (Å²) in [6.45, 7) is 3.37. The van der Waals surface area contributed by atoms with E-state index in [2.05, 4.69) is 4.98 Å². The van der Waals surface area contributed by atoms with Crippen molar-refractivity contribution in [1.82, 2.24) is 14.5 Å². The van der Waals surface area contributed by atoms with E-state index in [0.29, 0.717) is 36.4 Å². The molecule has 8 heteroatoms. The molecular formula is C17H21F2N3O3. The Bertz CT molecular complexity index is 818. The molecule has 136 valence electrons. The van der Waals surface area contributed by atoms with Gasteiger partial charge in [0.05, 0.1) is 24.2 Å². The first-order valence-electron chi connectivity index (χ1n) is 8.39. The van der Waals surface area contributed by atoms with Crippen LogP contribution in [0.5, 0.6) is 0 Å². The SMILES string of the molecule is CCOCCn1c(=O)[nH]c2cc(C(=O)N3CCC(F)(F)CC3)ccc21. The van der Waals surface area contributed by atoms with Crippen molar-refractivity contribution >= 4 is 16.9 Å². The zero-order valence-corrected chi connectivity index (χ0v) is 14.1. The molecule has 1 aliphatic rings. The third kappa shape index (κ3) is 3.73. The fourth-order valence-electron chi connectivity index (χ4n) is 3.04. The molecule has 0 aliphatic carbocycles. The van der Waals surface area contributed by atoms with Gasteiger partial charge in [-0.1, -0.05) is 0 Å². The van der Waals surface area contributed by atoms with Gasteiger partial charge in [-0.05, 0) is 25.1 Å². The van der Waals surface area contributed by atoms with Gasteiger partial charge < -0.3 is 14.6 Å². The van der Waals surface area contributed by atoms with Crippen LogP contribution < -0.4 is 5.69 Å². The lowest BCUT2D eigenvalue weighted by molar-refractivity contribution is -0.0494. The fraction of sp³-hybridized carbons (Fsp3) is 0.529. The average molecular weight is 353 g/mol. The van der Waals surface area contributed by atoms with Gasteiger partial charge in [0.15, 0.2) is 0 Å². The zero-order chi connectivity index (χ0) is 18.0. The van der Waals surface area contributed by atoms with Crippen LogP contribution in [0.15, 0.2) is 23.0 Å². The van der Waals surface area contributed by atoms with Crippen LogP contribution in [0.3, 0.4) is 0 Å². The number of imidazole rings is 1. The van der Waals surface area contributed by atoms with Crippen LogP contribution in [-0.4, -0.2) is 52.6 Å². The van der Waals surface area contributed by atoms with Crippen LogP contribution in [0.25, 0.3) is 11.0 Å². The van der Waals surface area contributed by atoms with E-state index in [0.717, 1.165) is 0 Å². The Hall–Kier alpha value is -2.22. The molecule has 3 rings (SSSR count). The molecule has 0 unspecified atom stereocenters. The minimum absolute atomic E-state index is 0.0375. The molecule has 1 fully saturated rings. The summed E-state index contributed by atoms with van der Waals surface area (Å²) in [5, 5.41) is 0. The summed E-state index contributed by atoms with van der Waals surface area (Å²) in [5.74, 6) is -2.98. The number of nitrogens with zero attached hydrogens (tertiary/aromatic N) is 2. The molecule has 1 saturated heterocycles. The minimum Gasteiger partial charge on any atom is -0.380 e. The number of aromatic amines is 1. The van der Waals surface area contributed by atoms with E-state index < -0.39 is 5.92 Å². The quantitative estimate of drug-likeness (QED) is 0.839. The highest BCUT2D eigenvalue weighted by molar-refractivity contribution is 5.97. The van der Waals surface area contributed by atoms with Gasteiger partial charge >= 0.3 is 5.69 Å². The normalized spacial score (nSPS) is 17.2. The number of fused-ring (bicyclic) bond motifs is 1. The maximum absolute atomic E-state index is 13.2. The van der Waals surface area contributed by atoms with Gasteiger partial charge in [-0.2, -0.15) is 0 Å².